The fourth-order valence-electron chi connectivity index (χ4n) is 3.90. The molecule has 2 heterocycles. The summed E-state index contributed by atoms with van der Waals surface area (Å²) in [6, 6.07) is 6.38. The molecule has 4 heteroatoms. The SMILES string of the molecule is CC[C@]1(O)CCN2C[C@@H](c3ccc(Cl)cc3Cl)CC[C@@H]2C1. The maximum atomic E-state index is 10.5. The highest BCUT2D eigenvalue weighted by Crippen LogP contribution is 2.40. The van der Waals surface area contributed by atoms with Crippen LogP contribution in [-0.2, 0) is 0 Å². The van der Waals surface area contributed by atoms with Crippen LogP contribution in [0.15, 0.2) is 18.2 Å². The van der Waals surface area contributed by atoms with Crippen LogP contribution in [0.1, 0.15) is 50.5 Å². The van der Waals surface area contributed by atoms with Gasteiger partial charge in [-0.25, -0.2) is 0 Å². The largest absolute Gasteiger partial charge is 0.390 e. The lowest BCUT2D eigenvalue weighted by molar-refractivity contribution is -0.0611. The van der Waals surface area contributed by atoms with Gasteiger partial charge in [0.05, 0.1) is 5.60 Å². The number of aliphatic hydroxyl groups is 1. The Bertz CT molecular complexity index is 522. The Labute approximate surface area is 137 Å². The Morgan fingerprint density at radius 3 is 2.86 bits per heavy atom. The number of hydrogen-bond acceptors (Lipinski definition) is 2. The molecule has 2 saturated heterocycles. The second kappa shape index (κ2) is 6.08. The van der Waals surface area contributed by atoms with E-state index in [1.807, 2.05) is 12.1 Å². The van der Waals surface area contributed by atoms with Gasteiger partial charge in [-0.1, -0.05) is 36.2 Å². The summed E-state index contributed by atoms with van der Waals surface area (Å²) >= 11 is 12.4. The molecule has 1 N–H and O–H groups in total. The van der Waals surface area contributed by atoms with E-state index in [9.17, 15) is 5.11 Å². The van der Waals surface area contributed by atoms with E-state index >= 15 is 0 Å². The third-order valence-electron chi connectivity index (χ3n) is 5.36. The van der Waals surface area contributed by atoms with Gasteiger partial charge in [0, 0.05) is 29.2 Å². The molecule has 2 fully saturated rings. The fraction of sp³-hybridized carbons (Fsp3) is 0.647. The number of benzene rings is 1. The summed E-state index contributed by atoms with van der Waals surface area (Å²) in [5.41, 5.74) is 0.780. The van der Waals surface area contributed by atoms with Gasteiger partial charge in [-0.3, -0.25) is 4.90 Å². The molecule has 116 valence electrons. The van der Waals surface area contributed by atoms with Crippen molar-refractivity contribution in [3.05, 3.63) is 33.8 Å². The first-order chi connectivity index (χ1) is 10.0. The average molecular weight is 328 g/mol. The number of halogens is 2. The monoisotopic (exact) mass is 327 g/mol. The van der Waals surface area contributed by atoms with Crippen molar-refractivity contribution >= 4 is 23.2 Å². The van der Waals surface area contributed by atoms with Crippen molar-refractivity contribution in [2.45, 2.75) is 56.6 Å². The second-order valence-electron chi connectivity index (χ2n) is 6.62. The summed E-state index contributed by atoms with van der Waals surface area (Å²) in [6.45, 7) is 4.14. The number of nitrogens with zero attached hydrogens (tertiary/aromatic N) is 1. The van der Waals surface area contributed by atoms with Gasteiger partial charge in [-0.2, -0.15) is 0 Å². The Morgan fingerprint density at radius 1 is 1.33 bits per heavy atom. The van der Waals surface area contributed by atoms with E-state index in [-0.39, 0.29) is 0 Å². The summed E-state index contributed by atoms with van der Waals surface area (Å²) in [4.78, 5) is 2.54. The first-order valence-corrected chi connectivity index (χ1v) is 8.68. The van der Waals surface area contributed by atoms with E-state index in [2.05, 4.69) is 17.9 Å². The van der Waals surface area contributed by atoms with Crippen LogP contribution < -0.4 is 0 Å². The Hall–Kier alpha value is -0.280. The Morgan fingerprint density at radius 2 is 2.14 bits per heavy atom. The highest BCUT2D eigenvalue weighted by molar-refractivity contribution is 6.35. The van der Waals surface area contributed by atoms with Crippen molar-refractivity contribution in [1.29, 1.82) is 0 Å². The third-order valence-corrected chi connectivity index (χ3v) is 5.92. The highest BCUT2D eigenvalue weighted by atomic mass is 35.5. The number of piperidine rings is 2. The molecule has 0 aliphatic carbocycles. The van der Waals surface area contributed by atoms with Gasteiger partial charge in [0.2, 0.25) is 0 Å². The molecule has 1 aromatic carbocycles. The topological polar surface area (TPSA) is 23.5 Å². The minimum atomic E-state index is -0.439. The van der Waals surface area contributed by atoms with E-state index in [1.54, 1.807) is 0 Å². The van der Waals surface area contributed by atoms with Gasteiger partial charge >= 0.3 is 0 Å². The van der Waals surface area contributed by atoms with Crippen LogP contribution in [0.3, 0.4) is 0 Å². The van der Waals surface area contributed by atoms with Crippen LogP contribution in [0.4, 0.5) is 0 Å². The zero-order valence-electron chi connectivity index (χ0n) is 12.5. The molecular formula is C17H23Cl2NO. The molecule has 0 unspecified atom stereocenters. The lowest BCUT2D eigenvalue weighted by atomic mass is 9.78. The fourth-order valence-corrected chi connectivity index (χ4v) is 4.47. The molecule has 0 aromatic heterocycles. The molecule has 0 saturated carbocycles. The molecule has 1 aromatic rings. The Balaban J connectivity index is 1.71. The van der Waals surface area contributed by atoms with E-state index in [0.717, 1.165) is 50.2 Å². The molecule has 2 nitrogen and oxygen atoms in total. The quantitative estimate of drug-likeness (QED) is 0.865. The molecule has 21 heavy (non-hydrogen) atoms. The summed E-state index contributed by atoms with van der Waals surface area (Å²) in [5.74, 6) is 0.485. The van der Waals surface area contributed by atoms with Crippen LogP contribution in [0.5, 0.6) is 0 Å². The lowest BCUT2D eigenvalue weighted by Gasteiger charge is -2.48. The predicted octanol–water partition coefficient (Wildman–Crippen LogP) is 4.48. The first kappa shape index (κ1) is 15.6. The van der Waals surface area contributed by atoms with Gasteiger partial charge in [0.1, 0.15) is 0 Å². The van der Waals surface area contributed by atoms with Gasteiger partial charge in [-0.15, -0.1) is 0 Å². The molecule has 0 spiro atoms. The van der Waals surface area contributed by atoms with E-state index in [4.69, 9.17) is 23.2 Å². The van der Waals surface area contributed by atoms with Gasteiger partial charge in [0.15, 0.2) is 0 Å². The molecule has 2 aliphatic heterocycles. The third kappa shape index (κ3) is 3.24. The van der Waals surface area contributed by atoms with Crippen molar-refractivity contribution in [3.8, 4) is 0 Å². The minimum Gasteiger partial charge on any atom is -0.390 e. The maximum Gasteiger partial charge on any atom is 0.0672 e. The maximum absolute atomic E-state index is 10.5. The zero-order chi connectivity index (χ0) is 15.0. The van der Waals surface area contributed by atoms with Crippen molar-refractivity contribution in [2.24, 2.45) is 0 Å². The molecule has 0 bridgehead atoms. The number of rotatable bonds is 2. The smallest absolute Gasteiger partial charge is 0.0672 e. The van der Waals surface area contributed by atoms with Crippen LogP contribution in [0.2, 0.25) is 10.0 Å². The van der Waals surface area contributed by atoms with Gasteiger partial charge in [-0.05, 0) is 55.7 Å². The summed E-state index contributed by atoms with van der Waals surface area (Å²) in [5, 5.41) is 12.0. The molecule has 0 amide bonds. The van der Waals surface area contributed by atoms with E-state index in [0.29, 0.717) is 17.0 Å². The van der Waals surface area contributed by atoms with E-state index in [1.165, 1.54) is 5.56 Å². The van der Waals surface area contributed by atoms with Crippen molar-refractivity contribution in [1.82, 2.24) is 4.90 Å². The highest BCUT2D eigenvalue weighted by Gasteiger charge is 2.40. The van der Waals surface area contributed by atoms with Crippen molar-refractivity contribution < 1.29 is 5.11 Å². The molecule has 2 aliphatic rings. The standard InChI is InChI=1S/C17H23Cl2NO/c1-2-17(21)7-8-20-11-12(3-5-14(20)10-17)15-6-4-13(18)9-16(15)19/h4,6,9,12,14,21H,2-3,5,7-8,10-11H2,1H3/t12-,14+,17-/m0/s1. The van der Waals surface area contributed by atoms with E-state index < -0.39 is 5.60 Å². The summed E-state index contributed by atoms with van der Waals surface area (Å²) in [7, 11) is 0. The van der Waals surface area contributed by atoms with Crippen LogP contribution >= 0.6 is 23.2 Å². The van der Waals surface area contributed by atoms with Crippen LogP contribution in [0.25, 0.3) is 0 Å². The Kier molecular flexibility index (Phi) is 4.52. The average Bonchev–Trinajstić information content (AvgIpc) is 2.47. The van der Waals surface area contributed by atoms with Crippen LogP contribution in [0, 0.1) is 0 Å². The molecule has 3 atom stereocenters. The van der Waals surface area contributed by atoms with Gasteiger partial charge in [0.25, 0.3) is 0 Å². The lowest BCUT2D eigenvalue weighted by Crippen LogP contribution is -2.53. The van der Waals surface area contributed by atoms with Crippen LogP contribution in [-0.4, -0.2) is 34.7 Å². The summed E-state index contributed by atoms with van der Waals surface area (Å²) < 4.78 is 0. The zero-order valence-corrected chi connectivity index (χ0v) is 14.0. The second-order valence-corrected chi connectivity index (χ2v) is 7.46. The number of hydrogen-bond donors (Lipinski definition) is 1. The van der Waals surface area contributed by atoms with Crippen molar-refractivity contribution in [2.75, 3.05) is 13.1 Å². The molecular weight excluding hydrogens is 305 g/mol. The van der Waals surface area contributed by atoms with Crippen molar-refractivity contribution in [3.63, 3.8) is 0 Å². The first-order valence-electron chi connectivity index (χ1n) is 7.92. The molecule has 0 radical (unpaired) electrons. The minimum absolute atomic E-state index is 0.439. The number of fused-ring (bicyclic) bond motifs is 1. The summed E-state index contributed by atoms with van der Waals surface area (Å²) in [6.07, 6.45) is 4.96. The molecule has 3 rings (SSSR count). The van der Waals surface area contributed by atoms with Gasteiger partial charge < -0.3 is 5.11 Å². The normalized spacial score (nSPS) is 33.7. The predicted molar refractivity (Wildman–Crippen MR) is 88.3 cm³/mol.